The van der Waals surface area contributed by atoms with Crippen LogP contribution in [0.15, 0.2) is 75.5 Å². The van der Waals surface area contributed by atoms with Gasteiger partial charge in [0.15, 0.2) is 0 Å². The molecule has 0 aliphatic rings. The van der Waals surface area contributed by atoms with Crippen molar-refractivity contribution in [1.82, 2.24) is 10.1 Å². The average molecular weight is 415 g/mol. The minimum atomic E-state index is -3.82. The van der Waals surface area contributed by atoms with Gasteiger partial charge in [-0.05, 0) is 47.8 Å². The first kappa shape index (κ1) is 18.3. The summed E-state index contributed by atoms with van der Waals surface area (Å²) in [5, 5.41) is 5.54. The Kier molecular flexibility index (Phi) is 4.70. The van der Waals surface area contributed by atoms with Crippen molar-refractivity contribution in [3.63, 3.8) is 0 Å². The number of hydrogen-bond donors (Lipinski definition) is 0. The van der Waals surface area contributed by atoms with Crippen LogP contribution in [0.5, 0.6) is 0 Å². The van der Waals surface area contributed by atoms with Crippen LogP contribution in [0.25, 0.3) is 22.2 Å². The number of para-hydroxylation sites is 1. The van der Waals surface area contributed by atoms with Crippen LogP contribution in [0, 0.1) is 5.82 Å². The van der Waals surface area contributed by atoms with E-state index in [4.69, 9.17) is 4.52 Å². The van der Waals surface area contributed by atoms with E-state index in [-0.39, 0.29) is 22.4 Å². The van der Waals surface area contributed by atoms with E-state index in [0.29, 0.717) is 16.1 Å². The van der Waals surface area contributed by atoms with Gasteiger partial charge in [0.2, 0.25) is 5.82 Å². The molecule has 6 nitrogen and oxygen atoms in total. The molecule has 2 aromatic carbocycles. The molecule has 0 radical (unpaired) electrons. The molecule has 0 saturated carbocycles. The maximum Gasteiger partial charge on any atom is 0.269 e. The fourth-order valence-corrected chi connectivity index (χ4v) is 5.12. The lowest BCUT2D eigenvalue weighted by Gasteiger charge is -2.19. The van der Waals surface area contributed by atoms with E-state index >= 15 is 0 Å². The Morgan fingerprint density at radius 2 is 1.75 bits per heavy atom. The number of halogens is 1. The average Bonchev–Trinajstić information content (AvgIpc) is 3.38. The van der Waals surface area contributed by atoms with E-state index in [0.717, 1.165) is 0 Å². The van der Waals surface area contributed by atoms with Gasteiger partial charge >= 0.3 is 0 Å². The summed E-state index contributed by atoms with van der Waals surface area (Å²) in [6, 6.07) is 15.9. The Morgan fingerprint density at radius 3 is 2.46 bits per heavy atom. The summed E-state index contributed by atoms with van der Waals surface area (Å²) in [4.78, 5) is 4.72. The zero-order valence-corrected chi connectivity index (χ0v) is 16.2. The molecule has 9 heteroatoms. The molecule has 0 spiro atoms. The predicted molar refractivity (Wildman–Crippen MR) is 105 cm³/mol. The highest BCUT2D eigenvalue weighted by molar-refractivity contribution is 7.93. The summed E-state index contributed by atoms with van der Waals surface area (Å²) >= 11 is 1.19. The zero-order valence-electron chi connectivity index (χ0n) is 14.6. The highest BCUT2D eigenvalue weighted by atomic mass is 32.2. The van der Waals surface area contributed by atoms with Gasteiger partial charge in [-0.25, -0.2) is 12.8 Å². The van der Waals surface area contributed by atoms with E-state index < -0.39 is 10.0 Å². The highest BCUT2D eigenvalue weighted by Crippen LogP contribution is 2.35. The van der Waals surface area contributed by atoms with Crippen molar-refractivity contribution in [3.8, 4) is 22.2 Å². The third-order valence-corrected chi connectivity index (χ3v) is 6.97. The van der Waals surface area contributed by atoms with Gasteiger partial charge in [0.05, 0.1) is 5.69 Å². The molecule has 0 aliphatic heterocycles. The fourth-order valence-electron chi connectivity index (χ4n) is 2.61. The predicted octanol–water partition coefficient (Wildman–Crippen LogP) is 4.43. The topological polar surface area (TPSA) is 76.3 Å². The monoisotopic (exact) mass is 415 g/mol. The van der Waals surface area contributed by atoms with Crippen LogP contribution >= 0.6 is 11.3 Å². The third-order valence-electron chi connectivity index (χ3n) is 4.11. The van der Waals surface area contributed by atoms with E-state index in [9.17, 15) is 12.8 Å². The maximum atomic E-state index is 13.1. The summed E-state index contributed by atoms with van der Waals surface area (Å²) in [6.45, 7) is 0. The number of hydrogen-bond acceptors (Lipinski definition) is 6. The van der Waals surface area contributed by atoms with Crippen molar-refractivity contribution in [2.45, 2.75) is 4.90 Å². The Hall–Kier alpha value is -3.04. The van der Waals surface area contributed by atoms with Crippen molar-refractivity contribution in [1.29, 1.82) is 0 Å². The third kappa shape index (κ3) is 3.30. The zero-order chi connectivity index (χ0) is 19.7. The van der Waals surface area contributed by atoms with Crippen LogP contribution in [0.4, 0.5) is 10.1 Å². The molecule has 0 bridgehead atoms. The minimum absolute atomic E-state index is 0.0816. The molecule has 0 unspecified atom stereocenters. The number of benzene rings is 2. The molecule has 0 saturated heterocycles. The molecule has 142 valence electrons. The summed E-state index contributed by atoms with van der Waals surface area (Å²) < 4.78 is 45.8. The first-order chi connectivity index (χ1) is 13.5. The second-order valence-electron chi connectivity index (χ2n) is 5.85. The van der Waals surface area contributed by atoms with Crippen LogP contribution in [0.2, 0.25) is 0 Å². The van der Waals surface area contributed by atoms with Crippen molar-refractivity contribution >= 4 is 27.0 Å². The van der Waals surface area contributed by atoms with Gasteiger partial charge in [-0.15, -0.1) is 11.3 Å². The molecule has 4 rings (SSSR count). The molecule has 2 aromatic heterocycles. The summed E-state index contributed by atoms with van der Waals surface area (Å²) in [5.74, 6) is -0.0272. The fraction of sp³-hybridized carbons (Fsp3) is 0.0526. The van der Waals surface area contributed by atoms with Crippen molar-refractivity contribution in [3.05, 3.63) is 71.9 Å². The standard InChI is InChI=1S/C19H14FN3O3S2/c1-23(15-5-3-2-4-6-15)28(24,25)16-11-12-27-17(16)19-21-18(22-26-19)13-7-9-14(20)10-8-13/h2-12H,1H3. The van der Waals surface area contributed by atoms with Crippen molar-refractivity contribution in [2.75, 3.05) is 11.4 Å². The number of thiophene rings is 1. The van der Waals surface area contributed by atoms with E-state index in [1.54, 1.807) is 29.6 Å². The summed E-state index contributed by atoms with van der Waals surface area (Å²) in [6.07, 6.45) is 0. The molecular formula is C19H14FN3O3S2. The Balaban J connectivity index is 1.71. The van der Waals surface area contributed by atoms with Crippen LogP contribution in [-0.2, 0) is 10.0 Å². The van der Waals surface area contributed by atoms with E-state index in [1.807, 2.05) is 6.07 Å². The normalized spacial score (nSPS) is 11.5. The molecular weight excluding hydrogens is 401 g/mol. The molecule has 0 atom stereocenters. The molecule has 0 fully saturated rings. The van der Waals surface area contributed by atoms with Gasteiger partial charge in [-0.1, -0.05) is 23.4 Å². The van der Waals surface area contributed by atoms with Crippen LogP contribution < -0.4 is 4.31 Å². The Labute approximate surface area is 164 Å². The molecule has 0 amide bonds. The number of aromatic nitrogens is 2. The lowest BCUT2D eigenvalue weighted by molar-refractivity contribution is 0.432. The Bertz CT molecular complexity index is 1200. The van der Waals surface area contributed by atoms with Crippen LogP contribution in [0.3, 0.4) is 0 Å². The smallest absolute Gasteiger partial charge is 0.269 e. The maximum absolute atomic E-state index is 13.1. The van der Waals surface area contributed by atoms with Crippen molar-refractivity contribution in [2.24, 2.45) is 0 Å². The minimum Gasteiger partial charge on any atom is -0.333 e. The van der Waals surface area contributed by atoms with Gasteiger partial charge in [0.25, 0.3) is 15.9 Å². The van der Waals surface area contributed by atoms with Gasteiger partial charge in [0, 0.05) is 12.6 Å². The molecule has 28 heavy (non-hydrogen) atoms. The van der Waals surface area contributed by atoms with Crippen LogP contribution in [0.1, 0.15) is 0 Å². The quantitative estimate of drug-likeness (QED) is 0.482. The number of rotatable bonds is 5. The lowest BCUT2D eigenvalue weighted by atomic mass is 10.2. The van der Waals surface area contributed by atoms with Gasteiger partial charge < -0.3 is 4.52 Å². The first-order valence-corrected chi connectivity index (χ1v) is 10.5. The van der Waals surface area contributed by atoms with E-state index in [2.05, 4.69) is 10.1 Å². The number of sulfonamides is 1. The molecule has 0 N–H and O–H groups in total. The number of nitrogens with zero attached hydrogens (tertiary/aromatic N) is 3. The summed E-state index contributed by atoms with van der Waals surface area (Å²) in [5.41, 5.74) is 1.11. The second-order valence-corrected chi connectivity index (χ2v) is 8.71. The largest absolute Gasteiger partial charge is 0.333 e. The van der Waals surface area contributed by atoms with Crippen LogP contribution in [-0.4, -0.2) is 25.6 Å². The lowest BCUT2D eigenvalue weighted by Crippen LogP contribution is -2.26. The second kappa shape index (κ2) is 7.17. The molecule has 2 heterocycles. The Morgan fingerprint density at radius 1 is 1.04 bits per heavy atom. The SMILES string of the molecule is CN(c1ccccc1)S(=O)(=O)c1ccsc1-c1nc(-c2ccc(F)cc2)no1. The highest BCUT2D eigenvalue weighted by Gasteiger charge is 2.28. The summed E-state index contributed by atoms with van der Waals surface area (Å²) in [7, 11) is -2.33. The van der Waals surface area contributed by atoms with Crippen molar-refractivity contribution < 1.29 is 17.3 Å². The molecule has 0 aliphatic carbocycles. The first-order valence-electron chi connectivity index (χ1n) is 8.18. The van der Waals surface area contributed by atoms with Gasteiger partial charge in [-0.3, -0.25) is 4.31 Å². The van der Waals surface area contributed by atoms with E-state index in [1.165, 1.54) is 53.0 Å². The van der Waals surface area contributed by atoms with Gasteiger partial charge in [-0.2, -0.15) is 4.98 Å². The number of anilines is 1. The molecule has 4 aromatic rings. The van der Waals surface area contributed by atoms with Gasteiger partial charge in [0.1, 0.15) is 15.6 Å².